The molecule has 33 heavy (non-hydrogen) atoms. The molecule has 0 bridgehead atoms. The van der Waals surface area contributed by atoms with Crippen LogP contribution in [-0.4, -0.2) is 48.7 Å². The van der Waals surface area contributed by atoms with Crippen molar-refractivity contribution in [3.63, 3.8) is 0 Å². The molecule has 2 fully saturated rings. The number of amides is 2. The zero-order valence-electron chi connectivity index (χ0n) is 17.8. The van der Waals surface area contributed by atoms with E-state index in [0.29, 0.717) is 31.7 Å². The van der Waals surface area contributed by atoms with Crippen molar-refractivity contribution < 1.29 is 22.7 Å². The van der Waals surface area contributed by atoms with E-state index < -0.39 is 38.7 Å². The molecule has 0 saturated heterocycles. The van der Waals surface area contributed by atoms with Crippen LogP contribution in [0.15, 0.2) is 61.0 Å². The number of benzene rings is 1. The molecule has 10 heteroatoms. The minimum atomic E-state index is -3.72. The largest absolute Gasteiger partial charge is 0.468 e. The first-order chi connectivity index (χ1) is 15.8. The molecule has 2 saturated carbocycles. The lowest BCUT2D eigenvalue weighted by Gasteiger charge is -2.19. The summed E-state index contributed by atoms with van der Waals surface area (Å²) in [6, 6.07) is 9.60. The normalized spacial score (nSPS) is 26.1. The minimum Gasteiger partial charge on any atom is -0.468 e. The molecule has 172 valence electrons. The number of aromatic nitrogens is 1. The van der Waals surface area contributed by atoms with Crippen molar-refractivity contribution in [2.75, 3.05) is 6.54 Å². The average Bonchev–Trinajstić information content (AvgIpc) is 3.71. The van der Waals surface area contributed by atoms with E-state index in [9.17, 15) is 18.0 Å². The van der Waals surface area contributed by atoms with Crippen LogP contribution in [-0.2, 0) is 19.6 Å². The highest BCUT2D eigenvalue weighted by atomic mass is 32.2. The van der Waals surface area contributed by atoms with Crippen LogP contribution in [0.25, 0.3) is 10.8 Å². The summed E-state index contributed by atoms with van der Waals surface area (Å²) in [7, 11) is -3.72. The Morgan fingerprint density at radius 3 is 2.76 bits per heavy atom. The summed E-state index contributed by atoms with van der Waals surface area (Å²) >= 11 is 0. The summed E-state index contributed by atoms with van der Waals surface area (Å²) in [5.41, 5.74) is -1.06. The number of carbonyl (C=O) groups is 2. The van der Waals surface area contributed by atoms with E-state index >= 15 is 0 Å². The van der Waals surface area contributed by atoms with Crippen molar-refractivity contribution in [2.24, 2.45) is 5.92 Å². The van der Waals surface area contributed by atoms with Crippen LogP contribution in [0, 0.1) is 5.92 Å². The second-order valence-corrected chi connectivity index (χ2v) is 10.6. The van der Waals surface area contributed by atoms with Crippen molar-refractivity contribution >= 4 is 32.6 Å². The molecule has 1 aliphatic heterocycles. The topological polar surface area (TPSA) is 126 Å². The lowest BCUT2D eigenvalue weighted by molar-refractivity contribution is -0.127. The molecule has 2 aliphatic carbocycles. The first-order valence-electron chi connectivity index (χ1n) is 10.8. The van der Waals surface area contributed by atoms with Crippen LogP contribution in [0.5, 0.6) is 5.88 Å². The predicted octanol–water partition coefficient (Wildman–Crippen LogP) is 1.14. The molecule has 2 amide bonds. The summed E-state index contributed by atoms with van der Waals surface area (Å²) in [5, 5.41) is 7.04. The van der Waals surface area contributed by atoms with Gasteiger partial charge in [0.2, 0.25) is 15.9 Å². The molecule has 0 spiro atoms. The highest BCUT2D eigenvalue weighted by Gasteiger charge is 2.61. The number of hydrogen-bond donors (Lipinski definition) is 3. The quantitative estimate of drug-likeness (QED) is 0.496. The van der Waals surface area contributed by atoms with Gasteiger partial charge in [0.05, 0.1) is 17.5 Å². The highest BCUT2D eigenvalue weighted by Crippen LogP contribution is 2.45. The van der Waals surface area contributed by atoms with Gasteiger partial charge in [0.25, 0.3) is 11.8 Å². The molecule has 1 aromatic carbocycles. The number of nitrogens with zero attached hydrogens (tertiary/aromatic N) is 1. The van der Waals surface area contributed by atoms with Crippen LogP contribution in [0.1, 0.15) is 19.3 Å². The Morgan fingerprint density at radius 2 is 2.03 bits per heavy atom. The van der Waals surface area contributed by atoms with Crippen molar-refractivity contribution in [3.05, 3.63) is 61.0 Å². The predicted molar refractivity (Wildman–Crippen MR) is 122 cm³/mol. The Bertz CT molecular complexity index is 1280. The highest BCUT2D eigenvalue weighted by molar-refractivity contribution is 7.91. The molecular formula is C23H24N4O5S. The van der Waals surface area contributed by atoms with E-state index in [-0.39, 0.29) is 11.6 Å². The van der Waals surface area contributed by atoms with E-state index in [4.69, 9.17) is 4.74 Å². The van der Waals surface area contributed by atoms with Crippen molar-refractivity contribution in [1.29, 1.82) is 0 Å². The minimum absolute atomic E-state index is 0.257. The number of sulfonamides is 1. The fourth-order valence-corrected chi connectivity index (χ4v) is 5.42. The van der Waals surface area contributed by atoms with E-state index in [1.807, 2.05) is 30.3 Å². The fourth-order valence-electron chi connectivity index (χ4n) is 4.06. The van der Waals surface area contributed by atoms with Gasteiger partial charge in [-0.2, -0.15) is 0 Å². The van der Waals surface area contributed by atoms with Gasteiger partial charge in [0.1, 0.15) is 11.6 Å². The van der Waals surface area contributed by atoms with E-state index in [2.05, 4.69) is 26.9 Å². The molecule has 0 unspecified atom stereocenters. The molecule has 9 nitrogen and oxygen atoms in total. The Labute approximate surface area is 191 Å². The Morgan fingerprint density at radius 1 is 1.24 bits per heavy atom. The second-order valence-electron chi connectivity index (χ2n) is 8.60. The fraction of sp³-hybridized carbons (Fsp3) is 0.348. The number of rotatable bonds is 8. The first-order valence-corrected chi connectivity index (χ1v) is 12.3. The van der Waals surface area contributed by atoms with Gasteiger partial charge in [0, 0.05) is 17.5 Å². The standard InChI is InChI=1S/C23H24N4O5S/c1-2-15-12-23(15,22(29)27-33(30,31)17-7-8-17)26-20(28)19-11-16(13-25-19)32-21-18-6-4-3-5-14(18)9-10-24-21/h2-6,9-11,15-17,25H,1,7-8,12-13H2,(H,26,28)(H,27,29)/t15-,16-,23-/m1/s1. The lowest BCUT2D eigenvalue weighted by Crippen LogP contribution is -2.53. The lowest BCUT2D eigenvalue weighted by atomic mass is 10.1. The molecule has 3 atom stereocenters. The maximum Gasteiger partial charge on any atom is 0.268 e. The Balaban J connectivity index is 1.28. The molecular weight excluding hydrogens is 444 g/mol. The third-order valence-electron chi connectivity index (χ3n) is 6.23. The van der Waals surface area contributed by atoms with Gasteiger partial charge in [-0.1, -0.05) is 24.3 Å². The van der Waals surface area contributed by atoms with Gasteiger partial charge in [-0.05, 0) is 42.9 Å². The van der Waals surface area contributed by atoms with Crippen molar-refractivity contribution in [3.8, 4) is 5.88 Å². The summed E-state index contributed by atoms with van der Waals surface area (Å²) in [5.74, 6) is -1.10. The van der Waals surface area contributed by atoms with Crippen LogP contribution < -0.4 is 20.1 Å². The van der Waals surface area contributed by atoms with E-state index in [1.165, 1.54) is 0 Å². The van der Waals surface area contributed by atoms with Gasteiger partial charge >= 0.3 is 0 Å². The number of carbonyl (C=O) groups excluding carboxylic acids is 2. The molecule has 1 aromatic heterocycles. The summed E-state index contributed by atoms with van der Waals surface area (Å²) < 4.78 is 32.6. The number of fused-ring (bicyclic) bond motifs is 1. The zero-order valence-corrected chi connectivity index (χ0v) is 18.6. The average molecular weight is 469 g/mol. The van der Waals surface area contributed by atoms with Crippen molar-refractivity contribution in [2.45, 2.75) is 36.2 Å². The van der Waals surface area contributed by atoms with Crippen LogP contribution in [0.3, 0.4) is 0 Å². The second kappa shape index (κ2) is 7.87. The molecule has 5 rings (SSSR count). The van der Waals surface area contributed by atoms with E-state index in [1.54, 1.807) is 18.3 Å². The van der Waals surface area contributed by atoms with Crippen LogP contribution in [0.4, 0.5) is 0 Å². The number of nitrogens with one attached hydrogen (secondary N) is 3. The molecule has 0 radical (unpaired) electrons. The third-order valence-corrected chi connectivity index (χ3v) is 8.05. The van der Waals surface area contributed by atoms with Gasteiger partial charge in [-0.15, -0.1) is 6.58 Å². The van der Waals surface area contributed by atoms with Gasteiger partial charge < -0.3 is 15.4 Å². The number of pyridine rings is 1. The third kappa shape index (κ3) is 4.06. The number of hydrogen-bond acceptors (Lipinski definition) is 7. The summed E-state index contributed by atoms with van der Waals surface area (Å²) in [4.78, 5) is 30.0. The van der Waals surface area contributed by atoms with Crippen LogP contribution in [0.2, 0.25) is 0 Å². The Kier molecular flexibility index (Phi) is 5.12. The van der Waals surface area contributed by atoms with E-state index in [0.717, 1.165) is 10.8 Å². The van der Waals surface area contributed by atoms with Crippen molar-refractivity contribution in [1.82, 2.24) is 20.3 Å². The maximum atomic E-state index is 12.9. The van der Waals surface area contributed by atoms with Gasteiger partial charge in [-0.25, -0.2) is 13.4 Å². The molecule has 3 N–H and O–H groups in total. The summed E-state index contributed by atoms with van der Waals surface area (Å²) in [6.45, 7) is 4.05. The Hall–Kier alpha value is -3.40. The first kappa shape index (κ1) is 21.4. The monoisotopic (exact) mass is 468 g/mol. The smallest absolute Gasteiger partial charge is 0.268 e. The molecule has 2 heterocycles. The van der Waals surface area contributed by atoms with Gasteiger partial charge in [0.15, 0.2) is 0 Å². The molecule has 2 aromatic rings. The SMILES string of the molecule is C=C[C@@H]1C[C@]1(NC(=O)C1=C[C@@H](Oc2nccc3ccccc23)CN1)C(=O)NS(=O)(=O)C1CC1. The zero-order chi connectivity index (χ0) is 23.2. The van der Waals surface area contributed by atoms with Crippen LogP contribution >= 0.6 is 0 Å². The van der Waals surface area contributed by atoms with Gasteiger partial charge in [-0.3, -0.25) is 14.3 Å². The summed E-state index contributed by atoms with van der Waals surface area (Å²) in [6.07, 6.45) is 5.79. The maximum absolute atomic E-state index is 12.9. The molecule has 3 aliphatic rings. The number of ether oxygens (including phenoxy) is 1.